The van der Waals surface area contributed by atoms with Gasteiger partial charge in [0.1, 0.15) is 13.2 Å². The van der Waals surface area contributed by atoms with E-state index in [-0.39, 0.29) is 0 Å². The van der Waals surface area contributed by atoms with Crippen molar-refractivity contribution in [2.24, 2.45) is 0 Å². The predicted octanol–water partition coefficient (Wildman–Crippen LogP) is 1.88. The molecule has 2 atom stereocenters. The van der Waals surface area contributed by atoms with Gasteiger partial charge in [-0.05, 0) is 31.0 Å². The van der Waals surface area contributed by atoms with Crippen molar-refractivity contribution < 1.29 is 9.47 Å². The summed E-state index contributed by atoms with van der Waals surface area (Å²) in [5, 5.41) is 3.47. The van der Waals surface area contributed by atoms with E-state index in [9.17, 15) is 0 Å². The molecule has 1 aromatic carbocycles. The lowest BCUT2D eigenvalue weighted by molar-refractivity contribution is 0.170. The molecule has 3 nitrogen and oxygen atoms in total. The summed E-state index contributed by atoms with van der Waals surface area (Å²) < 4.78 is 11.0. The number of fused-ring (bicyclic) bond motifs is 1. The standard InChI is InChI=1S/C12H15NO2/c1-8-6-10(13-8)9-2-3-11-12(7-9)15-5-4-14-11/h2-3,7-8,10,13H,4-6H2,1H3. The molecule has 80 valence electrons. The highest BCUT2D eigenvalue weighted by Gasteiger charge is 2.26. The van der Waals surface area contributed by atoms with Gasteiger partial charge < -0.3 is 14.8 Å². The van der Waals surface area contributed by atoms with Crippen LogP contribution in [-0.2, 0) is 0 Å². The molecule has 3 rings (SSSR count). The zero-order chi connectivity index (χ0) is 10.3. The maximum absolute atomic E-state index is 5.56. The molecule has 0 bridgehead atoms. The van der Waals surface area contributed by atoms with Crippen molar-refractivity contribution in [3.8, 4) is 11.5 Å². The van der Waals surface area contributed by atoms with E-state index in [2.05, 4.69) is 24.4 Å². The number of ether oxygens (including phenoxy) is 2. The Morgan fingerprint density at radius 3 is 2.67 bits per heavy atom. The summed E-state index contributed by atoms with van der Waals surface area (Å²) in [5.74, 6) is 1.76. The Bertz CT molecular complexity index is 372. The van der Waals surface area contributed by atoms with E-state index in [4.69, 9.17) is 9.47 Å². The topological polar surface area (TPSA) is 30.5 Å². The van der Waals surface area contributed by atoms with Crippen LogP contribution in [0.1, 0.15) is 24.9 Å². The SMILES string of the molecule is CC1CC(c2ccc3c(c2)OCCO3)N1. The quantitative estimate of drug-likeness (QED) is 0.759. The molecular weight excluding hydrogens is 190 g/mol. The van der Waals surface area contributed by atoms with Crippen molar-refractivity contribution in [1.82, 2.24) is 5.32 Å². The average Bonchev–Trinajstić information content (AvgIpc) is 2.24. The fraction of sp³-hybridized carbons (Fsp3) is 0.500. The third-order valence-electron chi connectivity index (χ3n) is 3.04. The van der Waals surface area contributed by atoms with Crippen LogP contribution in [0, 0.1) is 0 Å². The molecule has 2 aliphatic heterocycles. The van der Waals surface area contributed by atoms with Gasteiger partial charge in [-0.1, -0.05) is 6.07 Å². The summed E-state index contributed by atoms with van der Waals surface area (Å²) in [6.45, 7) is 3.52. The van der Waals surface area contributed by atoms with Crippen molar-refractivity contribution in [2.75, 3.05) is 13.2 Å². The van der Waals surface area contributed by atoms with Crippen LogP contribution in [0.2, 0.25) is 0 Å². The van der Waals surface area contributed by atoms with E-state index in [1.807, 2.05) is 6.07 Å². The highest BCUT2D eigenvalue weighted by molar-refractivity contribution is 5.45. The maximum atomic E-state index is 5.56. The largest absolute Gasteiger partial charge is 0.486 e. The summed E-state index contributed by atoms with van der Waals surface area (Å²) in [5.41, 5.74) is 1.30. The number of hydrogen-bond donors (Lipinski definition) is 1. The molecule has 2 unspecified atom stereocenters. The Morgan fingerprint density at radius 1 is 1.20 bits per heavy atom. The summed E-state index contributed by atoms with van der Waals surface area (Å²) in [6, 6.07) is 7.36. The minimum Gasteiger partial charge on any atom is -0.486 e. The lowest BCUT2D eigenvalue weighted by Crippen LogP contribution is -2.43. The first-order valence-corrected chi connectivity index (χ1v) is 5.48. The second-order valence-electron chi connectivity index (χ2n) is 4.26. The summed E-state index contributed by atoms with van der Waals surface area (Å²) >= 11 is 0. The monoisotopic (exact) mass is 205 g/mol. The van der Waals surface area contributed by atoms with E-state index < -0.39 is 0 Å². The Kier molecular flexibility index (Phi) is 2.06. The van der Waals surface area contributed by atoms with Gasteiger partial charge in [0.15, 0.2) is 11.5 Å². The zero-order valence-corrected chi connectivity index (χ0v) is 8.82. The molecule has 0 saturated carbocycles. The fourth-order valence-electron chi connectivity index (χ4n) is 2.18. The van der Waals surface area contributed by atoms with Crippen LogP contribution in [0.25, 0.3) is 0 Å². The molecule has 1 fully saturated rings. The lowest BCUT2D eigenvalue weighted by Gasteiger charge is -2.35. The molecular formula is C12H15NO2. The Morgan fingerprint density at radius 2 is 1.93 bits per heavy atom. The molecule has 2 heterocycles. The summed E-state index contributed by atoms with van der Waals surface area (Å²) in [6.07, 6.45) is 1.21. The fourth-order valence-corrected chi connectivity index (χ4v) is 2.18. The van der Waals surface area contributed by atoms with Crippen LogP contribution in [0.4, 0.5) is 0 Å². The number of benzene rings is 1. The molecule has 0 radical (unpaired) electrons. The molecule has 0 aliphatic carbocycles. The van der Waals surface area contributed by atoms with Crippen LogP contribution in [0.15, 0.2) is 18.2 Å². The van der Waals surface area contributed by atoms with Gasteiger partial charge in [-0.15, -0.1) is 0 Å². The van der Waals surface area contributed by atoms with Crippen LogP contribution in [-0.4, -0.2) is 19.3 Å². The minimum absolute atomic E-state index is 0.496. The number of nitrogens with one attached hydrogen (secondary N) is 1. The first-order valence-electron chi connectivity index (χ1n) is 5.48. The van der Waals surface area contributed by atoms with Gasteiger partial charge in [0.2, 0.25) is 0 Å². The van der Waals surface area contributed by atoms with Crippen LogP contribution < -0.4 is 14.8 Å². The van der Waals surface area contributed by atoms with Crippen molar-refractivity contribution in [2.45, 2.75) is 25.4 Å². The minimum atomic E-state index is 0.496. The Hall–Kier alpha value is -1.22. The maximum Gasteiger partial charge on any atom is 0.161 e. The van der Waals surface area contributed by atoms with Gasteiger partial charge in [0, 0.05) is 12.1 Å². The van der Waals surface area contributed by atoms with Crippen LogP contribution in [0.3, 0.4) is 0 Å². The third kappa shape index (κ3) is 1.57. The van der Waals surface area contributed by atoms with Crippen molar-refractivity contribution in [3.63, 3.8) is 0 Å². The molecule has 0 spiro atoms. The van der Waals surface area contributed by atoms with Gasteiger partial charge in [-0.3, -0.25) is 0 Å². The zero-order valence-electron chi connectivity index (χ0n) is 8.82. The van der Waals surface area contributed by atoms with E-state index in [1.54, 1.807) is 0 Å². The predicted molar refractivity (Wildman–Crippen MR) is 57.4 cm³/mol. The smallest absolute Gasteiger partial charge is 0.161 e. The number of rotatable bonds is 1. The van der Waals surface area contributed by atoms with Gasteiger partial charge >= 0.3 is 0 Å². The Labute approximate surface area is 89.4 Å². The van der Waals surface area contributed by atoms with E-state index >= 15 is 0 Å². The van der Waals surface area contributed by atoms with Gasteiger partial charge in [0.05, 0.1) is 0 Å². The van der Waals surface area contributed by atoms with E-state index in [1.165, 1.54) is 12.0 Å². The third-order valence-corrected chi connectivity index (χ3v) is 3.04. The molecule has 0 aromatic heterocycles. The molecule has 1 N–H and O–H groups in total. The van der Waals surface area contributed by atoms with Gasteiger partial charge in [0.25, 0.3) is 0 Å². The summed E-state index contributed by atoms with van der Waals surface area (Å²) in [7, 11) is 0. The van der Waals surface area contributed by atoms with Crippen LogP contribution >= 0.6 is 0 Å². The molecule has 0 amide bonds. The van der Waals surface area contributed by atoms with E-state index in [0.29, 0.717) is 25.3 Å². The first-order chi connectivity index (χ1) is 7.33. The van der Waals surface area contributed by atoms with Crippen LogP contribution in [0.5, 0.6) is 11.5 Å². The normalized spacial score (nSPS) is 28.3. The van der Waals surface area contributed by atoms with Crippen molar-refractivity contribution in [1.29, 1.82) is 0 Å². The highest BCUT2D eigenvalue weighted by Crippen LogP contribution is 2.35. The first kappa shape index (κ1) is 9.04. The molecule has 2 aliphatic rings. The number of hydrogen-bond acceptors (Lipinski definition) is 3. The Balaban J connectivity index is 1.85. The molecule has 1 saturated heterocycles. The average molecular weight is 205 g/mol. The van der Waals surface area contributed by atoms with Gasteiger partial charge in [-0.2, -0.15) is 0 Å². The second-order valence-corrected chi connectivity index (χ2v) is 4.26. The summed E-state index contributed by atoms with van der Waals surface area (Å²) in [4.78, 5) is 0. The van der Waals surface area contributed by atoms with E-state index in [0.717, 1.165) is 11.5 Å². The lowest BCUT2D eigenvalue weighted by atomic mass is 9.92. The second kappa shape index (κ2) is 3.42. The molecule has 3 heteroatoms. The van der Waals surface area contributed by atoms with Crippen molar-refractivity contribution in [3.05, 3.63) is 23.8 Å². The van der Waals surface area contributed by atoms with Gasteiger partial charge in [-0.25, -0.2) is 0 Å². The molecule has 15 heavy (non-hydrogen) atoms. The highest BCUT2D eigenvalue weighted by atomic mass is 16.6. The molecule has 1 aromatic rings. The van der Waals surface area contributed by atoms with Crippen molar-refractivity contribution >= 4 is 0 Å².